The highest BCUT2D eigenvalue weighted by Crippen LogP contribution is 2.16. The monoisotopic (exact) mass is 169 g/mol. The summed E-state index contributed by atoms with van der Waals surface area (Å²) in [5.74, 6) is 0.881. The van der Waals surface area contributed by atoms with E-state index in [-0.39, 0.29) is 0 Å². The molecule has 0 bridgehead atoms. The first-order valence-corrected chi connectivity index (χ1v) is 4.99. The van der Waals surface area contributed by atoms with Crippen molar-refractivity contribution in [2.45, 2.75) is 32.6 Å². The van der Waals surface area contributed by atoms with E-state index < -0.39 is 0 Å². The van der Waals surface area contributed by atoms with Crippen LogP contribution in [0.4, 0.5) is 0 Å². The third-order valence-electron chi connectivity index (χ3n) is 2.67. The molecular formula is C10H19NO. The van der Waals surface area contributed by atoms with Crippen LogP contribution < -0.4 is 0 Å². The lowest BCUT2D eigenvalue weighted by Gasteiger charge is -2.17. The summed E-state index contributed by atoms with van der Waals surface area (Å²) >= 11 is 0. The van der Waals surface area contributed by atoms with E-state index >= 15 is 0 Å². The highest BCUT2D eigenvalue weighted by atomic mass is 16.1. The molecule has 0 aromatic heterocycles. The Labute approximate surface area is 74.9 Å². The first-order valence-electron chi connectivity index (χ1n) is 4.99. The second-order valence-corrected chi connectivity index (χ2v) is 3.83. The van der Waals surface area contributed by atoms with Crippen molar-refractivity contribution in [3.05, 3.63) is 0 Å². The fourth-order valence-electron chi connectivity index (χ4n) is 1.78. The lowest BCUT2D eigenvalue weighted by Crippen LogP contribution is -2.26. The van der Waals surface area contributed by atoms with Crippen LogP contribution in [0.3, 0.4) is 0 Å². The standard InChI is InChI=1S/C10H19NO/c1-10-4-2-6-11(8-5-10)7-3-9-12/h9-10H,2-8H2,1H3. The van der Waals surface area contributed by atoms with E-state index in [0.717, 1.165) is 18.7 Å². The summed E-state index contributed by atoms with van der Waals surface area (Å²) in [7, 11) is 0. The molecule has 0 N–H and O–H groups in total. The number of likely N-dealkylation sites (tertiary alicyclic amines) is 1. The van der Waals surface area contributed by atoms with Crippen molar-refractivity contribution in [3.8, 4) is 0 Å². The second-order valence-electron chi connectivity index (χ2n) is 3.83. The Bertz CT molecular complexity index is 136. The number of carbonyl (C=O) groups excluding carboxylic acids is 1. The Morgan fingerprint density at radius 1 is 1.42 bits per heavy atom. The lowest BCUT2D eigenvalue weighted by molar-refractivity contribution is -0.108. The lowest BCUT2D eigenvalue weighted by atomic mass is 10.0. The minimum absolute atomic E-state index is 0.703. The van der Waals surface area contributed by atoms with Crippen LogP contribution in [0.25, 0.3) is 0 Å². The smallest absolute Gasteiger partial charge is 0.121 e. The number of hydrogen-bond donors (Lipinski definition) is 0. The van der Waals surface area contributed by atoms with Gasteiger partial charge in [-0.25, -0.2) is 0 Å². The topological polar surface area (TPSA) is 20.3 Å². The minimum atomic E-state index is 0.703. The van der Waals surface area contributed by atoms with Crippen LogP contribution in [0, 0.1) is 5.92 Å². The molecule has 2 nitrogen and oxygen atoms in total. The summed E-state index contributed by atoms with van der Waals surface area (Å²) < 4.78 is 0. The maximum Gasteiger partial charge on any atom is 0.121 e. The van der Waals surface area contributed by atoms with E-state index in [2.05, 4.69) is 11.8 Å². The van der Waals surface area contributed by atoms with Gasteiger partial charge in [0.2, 0.25) is 0 Å². The molecule has 1 aliphatic rings. The molecule has 1 fully saturated rings. The molecule has 1 saturated heterocycles. The Morgan fingerprint density at radius 3 is 3.00 bits per heavy atom. The molecule has 2 heteroatoms. The molecule has 1 unspecified atom stereocenters. The summed E-state index contributed by atoms with van der Waals surface area (Å²) in [6.45, 7) is 5.67. The van der Waals surface area contributed by atoms with E-state index in [1.54, 1.807) is 0 Å². The van der Waals surface area contributed by atoms with E-state index in [0.29, 0.717) is 6.42 Å². The zero-order valence-corrected chi connectivity index (χ0v) is 7.96. The third kappa shape index (κ3) is 3.35. The maximum atomic E-state index is 10.2. The molecule has 1 aliphatic heterocycles. The number of carbonyl (C=O) groups is 1. The van der Waals surface area contributed by atoms with Crippen molar-refractivity contribution in [3.63, 3.8) is 0 Å². The molecule has 70 valence electrons. The predicted molar refractivity (Wildman–Crippen MR) is 50.1 cm³/mol. The van der Waals surface area contributed by atoms with Crippen LogP contribution >= 0.6 is 0 Å². The Kier molecular flexibility index (Phi) is 4.30. The van der Waals surface area contributed by atoms with Gasteiger partial charge < -0.3 is 9.69 Å². The van der Waals surface area contributed by atoms with Crippen molar-refractivity contribution in [1.82, 2.24) is 4.90 Å². The highest BCUT2D eigenvalue weighted by Gasteiger charge is 2.12. The molecular weight excluding hydrogens is 150 g/mol. The summed E-state index contributed by atoms with van der Waals surface area (Å²) in [6.07, 6.45) is 5.69. The summed E-state index contributed by atoms with van der Waals surface area (Å²) in [4.78, 5) is 12.6. The van der Waals surface area contributed by atoms with Gasteiger partial charge in [0.15, 0.2) is 0 Å². The van der Waals surface area contributed by atoms with E-state index in [9.17, 15) is 4.79 Å². The molecule has 1 atom stereocenters. The van der Waals surface area contributed by atoms with Crippen LogP contribution in [0.1, 0.15) is 32.6 Å². The van der Waals surface area contributed by atoms with Gasteiger partial charge in [-0.3, -0.25) is 0 Å². The van der Waals surface area contributed by atoms with Crippen LogP contribution in [0.5, 0.6) is 0 Å². The Balaban J connectivity index is 2.21. The van der Waals surface area contributed by atoms with Crippen LogP contribution in [-0.4, -0.2) is 30.8 Å². The fourth-order valence-corrected chi connectivity index (χ4v) is 1.78. The largest absolute Gasteiger partial charge is 0.303 e. The summed E-state index contributed by atoms with van der Waals surface area (Å²) in [6, 6.07) is 0. The highest BCUT2D eigenvalue weighted by molar-refractivity contribution is 5.49. The van der Waals surface area contributed by atoms with Crippen molar-refractivity contribution >= 4 is 6.29 Å². The number of aldehydes is 1. The van der Waals surface area contributed by atoms with Crippen LogP contribution in [0.2, 0.25) is 0 Å². The first-order chi connectivity index (χ1) is 5.83. The van der Waals surface area contributed by atoms with Crippen molar-refractivity contribution in [1.29, 1.82) is 0 Å². The molecule has 1 rings (SSSR count). The van der Waals surface area contributed by atoms with Gasteiger partial charge in [0.1, 0.15) is 6.29 Å². The van der Waals surface area contributed by atoms with Gasteiger partial charge in [0.05, 0.1) is 0 Å². The molecule has 0 aromatic carbocycles. The Morgan fingerprint density at radius 2 is 2.25 bits per heavy atom. The van der Waals surface area contributed by atoms with Crippen LogP contribution in [0.15, 0.2) is 0 Å². The SMILES string of the molecule is CC1CCCN(CCC=O)CC1. The molecule has 0 saturated carbocycles. The number of nitrogens with zero attached hydrogens (tertiary/aromatic N) is 1. The molecule has 0 aliphatic carbocycles. The maximum absolute atomic E-state index is 10.2. The molecule has 1 heterocycles. The van der Waals surface area contributed by atoms with Crippen molar-refractivity contribution in [2.75, 3.05) is 19.6 Å². The third-order valence-corrected chi connectivity index (χ3v) is 2.67. The second kappa shape index (κ2) is 5.31. The van der Waals surface area contributed by atoms with Gasteiger partial charge in [-0.15, -0.1) is 0 Å². The fraction of sp³-hybridized carbons (Fsp3) is 0.900. The first kappa shape index (κ1) is 9.72. The molecule has 0 radical (unpaired) electrons. The Hall–Kier alpha value is -0.370. The minimum Gasteiger partial charge on any atom is -0.303 e. The number of hydrogen-bond acceptors (Lipinski definition) is 2. The van der Waals surface area contributed by atoms with Gasteiger partial charge in [-0.05, 0) is 38.3 Å². The van der Waals surface area contributed by atoms with Gasteiger partial charge in [-0.2, -0.15) is 0 Å². The summed E-state index contributed by atoms with van der Waals surface area (Å²) in [5.41, 5.74) is 0. The quantitative estimate of drug-likeness (QED) is 0.599. The molecule has 0 aromatic rings. The molecule has 0 spiro atoms. The zero-order chi connectivity index (χ0) is 8.81. The van der Waals surface area contributed by atoms with Crippen LogP contribution in [-0.2, 0) is 4.79 Å². The van der Waals surface area contributed by atoms with Gasteiger partial charge in [-0.1, -0.05) is 6.92 Å². The van der Waals surface area contributed by atoms with Crippen molar-refractivity contribution < 1.29 is 4.79 Å². The number of rotatable bonds is 3. The zero-order valence-electron chi connectivity index (χ0n) is 7.96. The normalized spacial score (nSPS) is 26.6. The van der Waals surface area contributed by atoms with Gasteiger partial charge >= 0.3 is 0 Å². The van der Waals surface area contributed by atoms with Gasteiger partial charge in [0.25, 0.3) is 0 Å². The predicted octanol–water partition coefficient (Wildman–Crippen LogP) is 1.70. The summed E-state index contributed by atoms with van der Waals surface area (Å²) in [5, 5.41) is 0. The average Bonchev–Trinajstić information content (AvgIpc) is 2.27. The van der Waals surface area contributed by atoms with Crippen molar-refractivity contribution in [2.24, 2.45) is 5.92 Å². The average molecular weight is 169 g/mol. The van der Waals surface area contributed by atoms with E-state index in [4.69, 9.17) is 0 Å². The molecule has 0 amide bonds. The molecule has 12 heavy (non-hydrogen) atoms. The van der Waals surface area contributed by atoms with E-state index in [1.165, 1.54) is 32.4 Å². The van der Waals surface area contributed by atoms with E-state index in [1.807, 2.05) is 0 Å². The van der Waals surface area contributed by atoms with Gasteiger partial charge in [0, 0.05) is 13.0 Å².